The Bertz CT molecular complexity index is 1290. The van der Waals surface area contributed by atoms with E-state index in [-0.39, 0.29) is 24.8 Å². The van der Waals surface area contributed by atoms with Crippen molar-refractivity contribution >= 4 is 35.4 Å². The highest BCUT2D eigenvalue weighted by atomic mass is 16.5. The summed E-state index contributed by atoms with van der Waals surface area (Å²) in [5, 5.41) is 15.7. The second kappa shape index (κ2) is 13.9. The molecule has 0 atom stereocenters. The van der Waals surface area contributed by atoms with E-state index in [9.17, 15) is 9.59 Å². The predicted octanol–water partition coefficient (Wildman–Crippen LogP) is 3.49. The number of carboxylic acids is 1. The molecule has 39 heavy (non-hydrogen) atoms. The van der Waals surface area contributed by atoms with E-state index >= 15 is 0 Å². The zero-order valence-electron chi connectivity index (χ0n) is 21.8. The summed E-state index contributed by atoms with van der Waals surface area (Å²) in [4.78, 5) is 33.6. The molecule has 0 unspecified atom stereocenters. The fourth-order valence-electron chi connectivity index (χ4n) is 3.87. The summed E-state index contributed by atoms with van der Waals surface area (Å²) in [7, 11) is 0. The molecular weight excluding hydrogens is 500 g/mol. The Morgan fingerprint density at radius 1 is 1.10 bits per heavy atom. The summed E-state index contributed by atoms with van der Waals surface area (Å²) in [6.45, 7) is 5.09. The van der Waals surface area contributed by atoms with Crippen molar-refractivity contribution in [2.75, 3.05) is 48.6 Å². The van der Waals surface area contributed by atoms with Gasteiger partial charge in [0, 0.05) is 37.7 Å². The summed E-state index contributed by atoms with van der Waals surface area (Å²) < 4.78 is 11.4. The number of anilines is 3. The van der Waals surface area contributed by atoms with Gasteiger partial charge in [-0.15, -0.1) is 0 Å². The minimum atomic E-state index is -1.00. The van der Waals surface area contributed by atoms with Crippen LogP contribution in [0.1, 0.15) is 29.5 Å². The molecule has 204 valence electrons. The first-order valence-corrected chi connectivity index (χ1v) is 12.8. The van der Waals surface area contributed by atoms with E-state index in [1.54, 1.807) is 18.3 Å². The van der Waals surface area contributed by atoms with Gasteiger partial charge < -0.3 is 24.8 Å². The molecule has 0 aliphatic carbocycles. The number of benzene rings is 2. The van der Waals surface area contributed by atoms with Gasteiger partial charge >= 0.3 is 12.0 Å². The average molecular weight is 533 g/mol. The van der Waals surface area contributed by atoms with Gasteiger partial charge in [-0.25, -0.2) is 0 Å². The molecule has 1 aliphatic heterocycles. The van der Waals surface area contributed by atoms with Gasteiger partial charge in [-0.3, -0.25) is 15.0 Å². The molecule has 11 nitrogen and oxygen atoms in total. The lowest BCUT2D eigenvalue weighted by Crippen LogP contribution is -2.36. The van der Waals surface area contributed by atoms with E-state index in [4.69, 9.17) is 14.6 Å². The Labute approximate surface area is 226 Å². The topological polar surface area (TPSA) is 138 Å². The maximum absolute atomic E-state index is 11.8. The Balaban J connectivity index is 1.36. The molecule has 11 heteroatoms. The molecule has 4 rings (SSSR count). The normalized spacial score (nSPS) is 13.3. The molecule has 1 fully saturated rings. The van der Waals surface area contributed by atoms with Crippen LogP contribution in [0.3, 0.4) is 0 Å². The first-order chi connectivity index (χ1) is 18.9. The number of hydrazone groups is 1. The fraction of sp³-hybridized carbons (Fsp3) is 0.321. The smallest absolute Gasteiger partial charge is 0.320 e. The van der Waals surface area contributed by atoms with Crippen molar-refractivity contribution < 1.29 is 24.2 Å². The summed E-state index contributed by atoms with van der Waals surface area (Å²) in [6.07, 6.45) is 2.07. The average Bonchev–Trinajstić information content (AvgIpc) is 2.93. The molecule has 3 aromatic rings. The minimum Gasteiger partial charge on any atom is -0.481 e. The zero-order valence-corrected chi connectivity index (χ0v) is 21.8. The number of rotatable bonds is 12. The molecule has 2 aromatic carbocycles. The molecular formula is C28H32N6O5. The van der Waals surface area contributed by atoms with Gasteiger partial charge in [0.2, 0.25) is 5.91 Å². The van der Waals surface area contributed by atoms with Crippen LogP contribution in [0.25, 0.3) is 0 Å². The van der Waals surface area contributed by atoms with E-state index in [1.165, 1.54) is 0 Å². The van der Waals surface area contributed by atoms with Crippen molar-refractivity contribution in [1.29, 1.82) is 0 Å². The number of carbonyl (C=O) groups is 2. The van der Waals surface area contributed by atoms with Crippen LogP contribution >= 0.6 is 0 Å². The Morgan fingerprint density at radius 2 is 1.90 bits per heavy atom. The second-order valence-electron chi connectivity index (χ2n) is 9.01. The number of aromatic nitrogens is 2. The SMILES string of the molecule is Cc1cccc(/C=N/Nc2cc(N3CCOCC3)nc(OCCc3ccc(NC(=O)CCC(=O)O)cc3)n2)c1. The van der Waals surface area contributed by atoms with Crippen molar-refractivity contribution in [2.45, 2.75) is 26.2 Å². The van der Waals surface area contributed by atoms with Crippen LogP contribution < -0.4 is 20.4 Å². The van der Waals surface area contributed by atoms with Gasteiger partial charge in [0.05, 0.1) is 32.5 Å². The molecule has 1 aromatic heterocycles. The third kappa shape index (κ3) is 9.08. The molecule has 0 radical (unpaired) electrons. The number of morpholine rings is 1. The van der Waals surface area contributed by atoms with E-state index < -0.39 is 5.97 Å². The maximum atomic E-state index is 11.8. The highest BCUT2D eigenvalue weighted by Crippen LogP contribution is 2.21. The van der Waals surface area contributed by atoms with Gasteiger partial charge in [-0.1, -0.05) is 42.0 Å². The van der Waals surface area contributed by atoms with E-state index in [0.717, 1.165) is 35.6 Å². The van der Waals surface area contributed by atoms with Gasteiger partial charge in [0.1, 0.15) is 5.82 Å². The standard InChI is InChI=1S/C28H32N6O5/c1-20-3-2-4-22(17-20)19-29-33-24-18-25(34-12-15-38-16-13-34)32-28(31-24)39-14-11-21-5-7-23(8-6-21)30-26(35)9-10-27(36)37/h2-8,17-19H,9-16H2,1H3,(H,30,35)(H,36,37)(H,31,32,33)/b29-19+. The van der Waals surface area contributed by atoms with Crippen LogP contribution in [-0.4, -0.2) is 66.1 Å². The number of aliphatic carboxylic acids is 1. The number of nitrogens with zero attached hydrogens (tertiary/aromatic N) is 4. The van der Waals surface area contributed by atoms with Crippen molar-refractivity contribution in [2.24, 2.45) is 5.10 Å². The van der Waals surface area contributed by atoms with Crippen molar-refractivity contribution in [1.82, 2.24) is 9.97 Å². The third-order valence-electron chi connectivity index (χ3n) is 5.89. The minimum absolute atomic E-state index is 0.0669. The quantitative estimate of drug-likeness (QED) is 0.236. The van der Waals surface area contributed by atoms with Gasteiger partial charge in [0.25, 0.3) is 0 Å². The van der Waals surface area contributed by atoms with Gasteiger partial charge in [-0.05, 0) is 30.2 Å². The highest BCUT2D eigenvalue weighted by Gasteiger charge is 2.16. The summed E-state index contributed by atoms with van der Waals surface area (Å²) >= 11 is 0. The predicted molar refractivity (Wildman–Crippen MR) is 149 cm³/mol. The molecule has 3 N–H and O–H groups in total. The fourth-order valence-corrected chi connectivity index (χ4v) is 3.87. The van der Waals surface area contributed by atoms with Crippen molar-refractivity contribution in [3.8, 4) is 6.01 Å². The first kappa shape index (κ1) is 27.5. The van der Waals surface area contributed by atoms with Gasteiger partial charge in [-0.2, -0.15) is 15.1 Å². The zero-order chi connectivity index (χ0) is 27.5. The second-order valence-corrected chi connectivity index (χ2v) is 9.01. The number of nitrogens with one attached hydrogen (secondary N) is 2. The van der Waals surface area contributed by atoms with Crippen LogP contribution in [0, 0.1) is 6.92 Å². The lowest BCUT2D eigenvalue weighted by molar-refractivity contribution is -0.138. The molecule has 1 aliphatic rings. The van der Waals surface area contributed by atoms with Crippen LogP contribution in [0.5, 0.6) is 6.01 Å². The Hall–Kier alpha value is -4.51. The first-order valence-electron chi connectivity index (χ1n) is 12.8. The number of ether oxygens (including phenoxy) is 2. The largest absolute Gasteiger partial charge is 0.481 e. The molecule has 2 heterocycles. The van der Waals surface area contributed by atoms with Gasteiger partial charge in [0.15, 0.2) is 5.82 Å². The summed E-state index contributed by atoms with van der Waals surface area (Å²) in [5.74, 6) is -0.0795. The van der Waals surface area contributed by atoms with Crippen LogP contribution in [0.15, 0.2) is 59.7 Å². The lowest BCUT2D eigenvalue weighted by atomic mass is 10.1. The number of carbonyl (C=O) groups excluding carboxylic acids is 1. The molecule has 0 bridgehead atoms. The number of amides is 1. The molecule has 0 saturated carbocycles. The van der Waals surface area contributed by atoms with Crippen molar-refractivity contribution in [3.63, 3.8) is 0 Å². The maximum Gasteiger partial charge on any atom is 0.320 e. The van der Waals surface area contributed by atoms with E-state index in [0.29, 0.717) is 37.7 Å². The number of hydrogen-bond donors (Lipinski definition) is 3. The van der Waals surface area contributed by atoms with E-state index in [1.807, 2.05) is 49.4 Å². The Kier molecular flexibility index (Phi) is 9.79. The lowest BCUT2D eigenvalue weighted by Gasteiger charge is -2.28. The monoisotopic (exact) mass is 532 g/mol. The highest BCUT2D eigenvalue weighted by molar-refractivity contribution is 5.92. The number of aryl methyl sites for hydroxylation is 1. The Morgan fingerprint density at radius 3 is 2.64 bits per heavy atom. The van der Waals surface area contributed by atoms with Crippen LogP contribution in [0.2, 0.25) is 0 Å². The van der Waals surface area contributed by atoms with Crippen LogP contribution in [0.4, 0.5) is 17.3 Å². The van der Waals surface area contributed by atoms with Crippen molar-refractivity contribution in [3.05, 3.63) is 71.3 Å². The molecule has 1 saturated heterocycles. The summed E-state index contributed by atoms with van der Waals surface area (Å²) in [5.41, 5.74) is 6.74. The summed E-state index contributed by atoms with van der Waals surface area (Å²) in [6, 6.07) is 17.4. The van der Waals surface area contributed by atoms with E-state index in [2.05, 4.69) is 30.7 Å². The van der Waals surface area contributed by atoms with Crippen LogP contribution in [-0.2, 0) is 20.7 Å². The third-order valence-corrected chi connectivity index (χ3v) is 5.89. The number of hydrogen-bond acceptors (Lipinski definition) is 9. The molecule has 0 spiro atoms. The number of carboxylic acid groups (broad SMARTS) is 1. The molecule has 1 amide bonds.